The van der Waals surface area contributed by atoms with Crippen LogP contribution in [0.25, 0.3) is 0 Å². The molecule has 0 radical (unpaired) electrons. The predicted octanol–water partition coefficient (Wildman–Crippen LogP) is 2.92. The lowest BCUT2D eigenvalue weighted by Gasteiger charge is -2.55. The predicted molar refractivity (Wildman–Crippen MR) is 59.3 cm³/mol. The van der Waals surface area contributed by atoms with Gasteiger partial charge in [-0.2, -0.15) is 0 Å². The number of likely N-dealkylation sites (tertiary alicyclic amines) is 1. The Morgan fingerprint density at radius 1 is 1.15 bits per heavy atom. The molecule has 1 unspecified atom stereocenters. The van der Waals surface area contributed by atoms with Crippen LogP contribution in [0.4, 0.5) is 0 Å². The van der Waals surface area contributed by atoms with E-state index in [0.29, 0.717) is 11.0 Å². The summed E-state index contributed by atoms with van der Waals surface area (Å²) in [4.78, 5) is 2.49. The Morgan fingerprint density at radius 2 is 1.62 bits per heavy atom. The van der Waals surface area contributed by atoms with E-state index in [1.165, 1.54) is 13.0 Å². The van der Waals surface area contributed by atoms with Crippen LogP contribution >= 0.6 is 0 Å². The molecule has 0 aromatic heterocycles. The highest BCUT2D eigenvalue weighted by molar-refractivity contribution is 5.00. The molecule has 0 aromatic carbocycles. The molecule has 1 aliphatic rings. The smallest absolute Gasteiger partial charge is 0.0203 e. The van der Waals surface area contributed by atoms with Gasteiger partial charge in [-0.25, -0.2) is 0 Å². The summed E-state index contributed by atoms with van der Waals surface area (Å²) in [5.74, 6) is 0.837. The van der Waals surface area contributed by atoms with Crippen LogP contribution in [0, 0.1) is 11.3 Å². The Morgan fingerprint density at radius 3 is 2.00 bits per heavy atom. The van der Waals surface area contributed by atoms with Crippen molar-refractivity contribution in [2.45, 2.75) is 46.6 Å². The number of hydrogen-bond acceptors (Lipinski definition) is 2. The Bertz CT molecular complexity index is 153. The van der Waals surface area contributed by atoms with Crippen LogP contribution in [0.5, 0.6) is 0 Å². The molecule has 1 aliphatic heterocycles. The van der Waals surface area contributed by atoms with Crippen molar-refractivity contribution in [1.29, 1.82) is 0 Å². The summed E-state index contributed by atoms with van der Waals surface area (Å²) >= 11 is 0. The largest absolute Gasteiger partial charge is 0.344 e. The van der Waals surface area contributed by atoms with Gasteiger partial charge in [0.15, 0.2) is 0 Å². The van der Waals surface area contributed by atoms with Crippen molar-refractivity contribution in [1.82, 2.24) is 11.1 Å². The topological polar surface area (TPSA) is 38.2 Å². The molecule has 1 atom stereocenters. The lowest BCUT2D eigenvalue weighted by Crippen LogP contribution is -2.59. The third kappa shape index (κ3) is 1.75. The first-order chi connectivity index (χ1) is 5.30. The highest BCUT2D eigenvalue weighted by Crippen LogP contribution is 2.46. The summed E-state index contributed by atoms with van der Waals surface area (Å²) in [5, 5.41) is 0. The minimum absolute atomic E-state index is 0. The molecule has 0 bridgehead atoms. The van der Waals surface area contributed by atoms with Crippen LogP contribution in [0.15, 0.2) is 0 Å². The van der Waals surface area contributed by atoms with Crippen LogP contribution in [-0.4, -0.2) is 24.0 Å². The Kier molecular flexibility index (Phi) is 3.56. The lowest BCUT2D eigenvalue weighted by molar-refractivity contribution is -0.0509. The maximum absolute atomic E-state index is 2.49. The van der Waals surface area contributed by atoms with Crippen LogP contribution < -0.4 is 6.15 Å². The highest BCUT2D eigenvalue weighted by atomic mass is 15.2. The second-order valence-corrected chi connectivity index (χ2v) is 5.39. The second-order valence-electron chi connectivity index (χ2n) is 5.39. The summed E-state index contributed by atoms with van der Waals surface area (Å²) in [6.45, 7) is 13.2. The monoisotopic (exact) mass is 186 g/mol. The van der Waals surface area contributed by atoms with Gasteiger partial charge in [0, 0.05) is 5.54 Å². The van der Waals surface area contributed by atoms with Crippen molar-refractivity contribution in [2.24, 2.45) is 11.3 Å². The van der Waals surface area contributed by atoms with Crippen LogP contribution in [0.1, 0.15) is 41.0 Å². The van der Waals surface area contributed by atoms with Gasteiger partial charge in [0.05, 0.1) is 0 Å². The van der Waals surface area contributed by atoms with E-state index >= 15 is 0 Å². The average molecular weight is 186 g/mol. The molecule has 0 spiro atoms. The fraction of sp³-hybridized carbons (Fsp3) is 1.00. The number of piperidine rings is 1. The third-order valence-corrected chi connectivity index (χ3v) is 4.66. The van der Waals surface area contributed by atoms with Gasteiger partial charge in [-0.15, -0.1) is 0 Å². The summed E-state index contributed by atoms with van der Waals surface area (Å²) < 4.78 is 0. The summed E-state index contributed by atoms with van der Waals surface area (Å²) in [6.07, 6.45) is 1.34. The van der Waals surface area contributed by atoms with Crippen molar-refractivity contribution in [3.63, 3.8) is 0 Å². The molecule has 0 aromatic rings. The molecular formula is C11H26N2. The Hall–Kier alpha value is -0.0800. The van der Waals surface area contributed by atoms with Crippen LogP contribution in [-0.2, 0) is 0 Å². The van der Waals surface area contributed by atoms with E-state index in [2.05, 4.69) is 46.6 Å². The van der Waals surface area contributed by atoms with E-state index in [0.717, 1.165) is 5.92 Å². The molecule has 0 amide bonds. The first kappa shape index (κ1) is 12.9. The third-order valence-electron chi connectivity index (χ3n) is 4.66. The van der Waals surface area contributed by atoms with E-state index in [1.54, 1.807) is 0 Å². The Labute approximate surface area is 83.3 Å². The van der Waals surface area contributed by atoms with Crippen LogP contribution in [0.3, 0.4) is 0 Å². The second kappa shape index (κ2) is 3.58. The molecule has 2 heteroatoms. The summed E-state index contributed by atoms with van der Waals surface area (Å²) in [7, 11) is 2.24. The quantitative estimate of drug-likeness (QED) is 0.631. The van der Waals surface area contributed by atoms with Gasteiger partial charge in [-0.05, 0) is 45.2 Å². The van der Waals surface area contributed by atoms with Gasteiger partial charge in [0.1, 0.15) is 0 Å². The molecule has 1 heterocycles. The van der Waals surface area contributed by atoms with Gasteiger partial charge in [0.2, 0.25) is 0 Å². The maximum atomic E-state index is 2.49. The van der Waals surface area contributed by atoms with E-state index < -0.39 is 0 Å². The normalized spacial score (nSPS) is 32.3. The maximum Gasteiger partial charge on any atom is 0.0203 e. The first-order valence-electron chi connectivity index (χ1n) is 5.01. The minimum Gasteiger partial charge on any atom is -0.344 e. The van der Waals surface area contributed by atoms with E-state index in [4.69, 9.17) is 0 Å². The fourth-order valence-corrected chi connectivity index (χ4v) is 2.12. The molecule has 3 N–H and O–H groups in total. The molecule has 13 heavy (non-hydrogen) atoms. The van der Waals surface area contributed by atoms with Crippen molar-refractivity contribution in [3.8, 4) is 0 Å². The molecule has 1 fully saturated rings. The average Bonchev–Trinajstić information content (AvgIpc) is 1.96. The zero-order chi connectivity index (χ0) is 9.57. The summed E-state index contributed by atoms with van der Waals surface area (Å²) in [5.41, 5.74) is 0.769. The first-order valence-corrected chi connectivity index (χ1v) is 5.01. The number of hydrogen-bond donors (Lipinski definition) is 1. The van der Waals surface area contributed by atoms with Gasteiger partial charge in [0.25, 0.3) is 0 Å². The van der Waals surface area contributed by atoms with E-state index in [9.17, 15) is 0 Å². The van der Waals surface area contributed by atoms with Gasteiger partial charge in [-0.1, -0.05) is 20.8 Å². The van der Waals surface area contributed by atoms with E-state index in [-0.39, 0.29) is 6.15 Å². The summed E-state index contributed by atoms with van der Waals surface area (Å²) in [6, 6.07) is 0. The number of rotatable bonds is 0. The molecule has 80 valence electrons. The zero-order valence-electron chi connectivity index (χ0n) is 10.1. The fourth-order valence-electron chi connectivity index (χ4n) is 2.12. The highest BCUT2D eigenvalue weighted by Gasteiger charge is 2.46. The number of nitrogens with zero attached hydrogens (tertiary/aromatic N) is 1. The Balaban J connectivity index is 0.00000144. The molecule has 2 nitrogen and oxygen atoms in total. The van der Waals surface area contributed by atoms with Crippen molar-refractivity contribution < 1.29 is 0 Å². The van der Waals surface area contributed by atoms with Gasteiger partial charge in [-0.3, -0.25) is 0 Å². The molecule has 0 aliphatic carbocycles. The van der Waals surface area contributed by atoms with Gasteiger partial charge >= 0.3 is 0 Å². The zero-order valence-corrected chi connectivity index (χ0v) is 10.1. The molecule has 0 saturated carbocycles. The van der Waals surface area contributed by atoms with Gasteiger partial charge < -0.3 is 11.1 Å². The SMILES string of the molecule is CC1CCN(C)C(C)(C)C1(C)C.N. The lowest BCUT2D eigenvalue weighted by atomic mass is 9.62. The molecular weight excluding hydrogens is 160 g/mol. The molecule has 1 saturated heterocycles. The standard InChI is InChI=1S/C11H23N.H3N/c1-9-7-8-12(6)11(4,5)10(9,2)3;/h9H,7-8H2,1-6H3;1H3. The van der Waals surface area contributed by atoms with Crippen molar-refractivity contribution >= 4 is 0 Å². The minimum atomic E-state index is 0. The van der Waals surface area contributed by atoms with Crippen molar-refractivity contribution in [2.75, 3.05) is 13.6 Å². The van der Waals surface area contributed by atoms with E-state index in [1.807, 2.05) is 0 Å². The van der Waals surface area contributed by atoms with Crippen LogP contribution in [0.2, 0.25) is 0 Å². The molecule has 1 rings (SSSR count). The van der Waals surface area contributed by atoms with Crippen molar-refractivity contribution in [3.05, 3.63) is 0 Å².